The Morgan fingerprint density at radius 2 is 1.81 bits per heavy atom. The van der Waals surface area contributed by atoms with Gasteiger partial charge >= 0.3 is 0 Å². The Morgan fingerprint density at radius 1 is 1.07 bits per heavy atom. The largest absolute Gasteiger partial charge is 0.490 e. The van der Waals surface area contributed by atoms with Crippen LogP contribution >= 0.6 is 0 Å². The van der Waals surface area contributed by atoms with Gasteiger partial charge in [0.25, 0.3) is 0 Å². The third-order valence-electron chi connectivity index (χ3n) is 6.69. The minimum absolute atomic E-state index is 0.0254. The smallest absolute Gasteiger partial charge is 0.236 e. The van der Waals surface area contributed by atoms with E-state index in [-0.39, 0.29) is 29.8 Å². The Morgan fingerprint density at radius 3 is 2.63 bits per heavy atom. The molecule has 0 radical (unpaired) electrons. The Balaban J connectivity index is 1.86. The Kier molecular flexibility index (Phi) is 3.36. The standard InChI is InChI=1S/C23H21NO3/c1-13-15(12-25)11-17-14(2)27-20-10-6-3-7-16(20)21(17)23(13)18-8-4-5-9-19(18)24-22(23)26/h3-14,17,21H,1-2H3,(H,24,26)/t13-,14-,17-,21-,23-/m1/s1. The molecule has 1 N–H and O–H groups in total. The van der Waals surface area contributed by atoms with Crippen LogP contribution in [-0.4, -0.2) is 18.3 Å². The number of carbonyl (C=O) groups excluding carboxylic acids is 2. The summed E-state index contributed by atoms with van der Waals surface area (Å²) in [7, 11) is 0. The molecule has 2 aliphatic heterocycles. The summed E-state index contributed by atoms with van der Waals surface area (Å²) in [5, 5.41) is 3.09. The molecule has 2 aromatic rings. The molecule has 0 fully saturated rings. The minimum Gasteiger partial charge on any atom is -0.490 e. The fourth-order valence-electron chi connectivity index (χ4n) is 5.46. The number of allylic oxidation sites excluding steroid dienone is 1. The fourth-order valence-corrected chi connectivity index (χ4v) is 5.46. The molecule has 2 heterocycles. The third kappa shape index (κ3) is 1.93. The maximum absolute atomic E-state index is 13.6. The van der Waals surface area contributed by atoms with Gasteiger partial charge in [0, 0.05) is 23.4 Å². The van der Waals surface area contributed by atoms with Crippen LogP contribution in [0.2, 0.25) is 0 Å². The zero-order valence-electron chi connectivity index (χ0n) is 15.3. The van der Waals surface area contributed by atoms with Crippen molar-refractivity contribution in [1.29, 1.82) is 0 Å². The van der Waals surface area contributed by atoms with Gasteiger partial charge < -0.3 is 10.1 Å². The Bertz CT molecular complexity index is 995. The van der Waals surface area contributed by atoms with Crippen LogP contribution in [0.3, 0.4) is 0 Å². The zero-order valence-corrected chi connectivity index (χ0v) is 15.3. The molecular weight excluding hydrogens is 338 g/mol. The first-order valence-corrected chi connectivity index (χ1v) is 9.42. The van der Waals surface area contributed by atoms with E-state index in [9.17, 15) is 9.59 Å². The average Bonchev–Trinajstić information content (AvgIpc) is 2.97. The van der Waals surface area contributed by atoms with Gasteiger partial charge in [-0.1, -0.05) is 49.4 Å². The van der Waals surface area contributed by atoms with Crippen LogP contribution in [0.4, 0.5) is 5.69 Å². The highest BCUT2D eigenvalue weighted by Crippen LogP contribution is 2.61. The van der Waals surface area contributed by atoms with Crippen LogP contribution in [0.25, 0.3) is 0 Å². The lowest BCUT2D eigenvalue weighted by molar-refractivity contribution is -0.125. The lowest BCUT2D eigenvalue weighted by Crippen LogP contribution is -2.55. The van der Waals surface area contributed by atoms with Gasteiger partial charge in [-0.25, -0.2) is 0 Å². The molecule has 1 amide bonds. The number of anilines is 1. The predicted molar refractivity (Wildman–Crippen MR) is 103 cm³/mol. The van der Waals surface area contributed by atoms with E-state index < -0.39 is 5.41 Å². The van der Waals surface area contributed by atoms with E-state index in [0.29, 0.717) is 5.57 Å². The molecule has 0 bridgehead atoms. The summed E-state index contributed by atoms with van der Waals surface area (Å²) >= 11 is 0. The molecule has 136 valence electrons. The van der Waals surface area contributed by atoms with Crippen molar-refractivity contribution >= 4 is 17.9 Å². The van der Waals surface area contributed by atoms with E-state index in [2.05, 4.69) is 11.4 Å². The van der Waals surface area contributed by atoms with Gasteiger partial charge in [-0.2, -0.15) is 0 Å². The summed E-state index contributed by atoms with van der Waals surface area (Å²) in [6, 6.07) is 15.8. The van der Waals surface area contributed by atoms with Crippen molar-refractivity contribution in [3.05, 3.63) is 71.3 Å². The molecule has 1 spiro atoms. The van der Waals surface area contributed by atoms with Crippen molar-refractivity contribution in [3.8, 4) is 5.75 Å². The maximum Gasteiger partial charge on any atom is 0.236 e. The van der Waals surface area contributed by atoms with E-state index in [1.807, 2.05) is 62.4 Å². The second-order valence-corrected chi connectivity index (χ2v) is 7.79. The number of ether oxygens (including phenoxy) is 1. The number of nitrogens with one attached hydrogen (secondary N) is 1. The Labute approximate surface area is 158 Å². The van der Waals surface area contributed by atoms with Crippen LogP contribution in [0.1, 0.15) is 30.9 Å². The summed E-state index contributed by atoms with van der Waals surface area (Å²) in [6.07, 6.45) is 2.82. The molecule has 0 saturated carbocycles. The van der Waals surface area contributed by atoms with Gasteiger partial charge in [0.1, 0.15) is 18.1 Å². The molecule has 4 nitrogen and oxygen atoms in total. The highest BCUT2D eigenvalue weighted by molar-refractivity contribution is 6.08. The van der Waals surface area contributed by atoms with Gasteiger partial charge in [0.2, 0.25) is 5.91 Å². The highest BCUT2D eigenvalue weighted by atomic mass is 16.5. The number of aldehydes is 1. The first-order valence-electron chi connectivity index (χ1n) is 9.42. The van der Waals surface area contributed by atoms with E-state index in [0.717, 1.165) is 28.8 Å². The molecule has 0 aromatic heterocycles. The number of amides is 1. The monoisotopic (exact) mass is 359 g/mol. The Hall–Kier alpha value is -2.88. The number of para-hydroxylation sites is 2. The summed E-state index contributed by atoms with van der Waals surface area (Å²) in [5.74, 6) is 0.451. The number of carbonyl (C=O) groups is 2. The molecular formula is C23H21NO3. The van der Waals surface area contributed by atoms with Gasteiger partial charge in [0.05, 0.1) is 5.41 Å². The van der Waals surface area contributed by atoms with Crippen LogP contribution in [0.15, 0.2) is 60.2 Å². The average molecular weight is 359 g/mol. The summed E-state index contributed by atoms with van der Waals surface area (Å²) in [5.41, 5.74) is 2.73. The van der Waals surface area contributed by atoms with Crippen molar-refractivity contribution in [2.45, 2.75) is 31.3 Å². The molecule has 5 atom stereocenters. The first kappa shape index (κ1) is 16.3. The lowest BCUT2D eigenvalue weighted by Gasteiger charge is -2.51. The van der Waals surface area contributed by atoms with Crippen LogP contribution < -0.4 is 10.1 Å². The highest BCUT2D eigenvalue weighted by Gasteiger charge is 2.62. The molecule has 4 heteroatoms. The normalized spacial score (nSPS) is 33.3. The fraction of sp³-hybridized carbons (Fsp3) is 0.304. The number of rotatable bonds is 1. The maximum atomic E-state index is 13.6. The second kappa shape index (κ2) is 5.56. The van der Waals surface area contributed by atoms with Crippen molar-refractivity contribution in [2.75, 3.05) is 5.32 Å². The van der Waals surface area contributed by atoms with Gasteiger partial charge in [0.15, 0.2) is 0 Å². The molecule has 0 saturated heterocycles. The van der Waals surface area contributed by atoms with Crippen LogP contribution in [-0.2, 0) is 15.0 Å². The summed E-state index contributed by atoms with van der Waals surface area (Å²) < 4.78 is 6.16. The SMILES string of the molecule is C[C@@H]1C(C=O)=C[C@H]2[C@@H](c3ccccc3O[C@@H]2C)[C@@]12C(=O)Nc1ccccc12. The topological polar surface area (TPSA) is 55.4 Å². The second-order valence-electron chi connectivity index (χ2n) is 7.79. The molecule has 5 rings (SSSR count). The van der Waals surface area contributed by atoms with Crippen molar-refractivity contribution in [3.63, 3.8) is 0 Å². The quantitative estimate of drug-likeness (QED) is 0.787. The zero-order chi connectivity index (χ0) is 18.8. The lowest BCUT2D eigenvalue weighted by atomic mass is 9.52. The summed E-state index contributed by atoms with van der Waals surface area (Å²) in [4.78, 5) is 25.5. The first-order chi connectivity index (χ1) is 13.1. The van der Waals surface area contributed by atoms with Crippen molar-refractivity contribution in [1.82, 2.24) is 0 Å². The molecule has 27 heavy (non-hydrogen) atoms. The van der Waals surface area contributed by atoms with Crippen molar-refractivity contribution < 1.29 is 14.3 Å². The molecule has 3 aliphatic rings. The minimum atomic E-state index is -0.819. The number of fused-ring (bicyclic) bond motifs is 6. The summed E-state index contributed by atoms with van der Waals surface area (Å²) in [6.45, 7) is 4.02. The molecule has 1 aliphatic carbocycles. The van der Waals surface area contributed by atoms with Gasteiger partial charge in [-0.05, 0) is 35.8 Å². The van der Waals surface area contributed by atoms with Gasteiger partial charge in [-0.15, -0.1) is 0 Å². The molecule has 2 aromatic carbocycles. The van der Waals surface area contributed by atoms with Gasteiger partial charge in [-0.3, -0.25) is 9.59 Å². The predicted octanol–water partition coefficient (Wildman–Crippen LogP) is 3.83. The van der Waals surface area contributed by atoms with E-state index in [1.165, 1.54) is 0 Å². The van der Waals surface area contributed by atoms with E-state index in [4.69, 9.17) is 4.74 Å². The van der Waals surface area contributed by atoms with E-state index >= 15 is 0 Å². The third-order valence-corrected chi connectivity index (χ3v) is 6.69. The van der Waals surface area contributed by atoms with Crippen LogP contribution in [0, 0.1) is 11.8 Å². The number of benzene rings is 2. The van der Waals surface area contributed by atoms with E-state index in [1.54, 1.807) is 0 Å². The number of hydrogen-bond acceptors (Lipinski definition) is 3. The number of hydrogen-bond donors (Lipinski definition) is 1. The van der Waals surface area contributed by atoms with Crippen molar-refractivity contribution in [2.24, 2.45) is 11.8 Å². The molecule has 0 unspecified atom stereocenters. The van der Waals surface area contributed by atoms with Crippen LogP contribution in [0.5, 0.6) is 5.75 Å².